The summed E-state index contributed by atoms with van der Waals surface area (Å²) in [5, 5.41) is 11.2. The third kappa shape index (κ3) is 3.78. The van der Waals surface area contributed by atoms with Gasteiger partial charge in [-0.25, -0.2) is 0 Å². The van der Waals surface area contributed by atoms with E-state index in [9.17, 15) is 0 Å². The number of aryl methyl sites for hydroxylation is 1. The van der Waals surface area contributed by atoms with Crippen LogP contribution < -0.4 is 10.6 Å². The number of hydrogen-bond donors (Lipinski definition) is 2. The number of rotatable bonds is 6. The maximum Gasteiger partial charge on any atom is 0.191 e. The van der Waals surface area contributed by atoms with Crippen LogP contribution in [0.5, 0.6) is 0 Å². The topological polar surface area (TPSA) is 54.2 Å². The molecule has 5 nitrogen and oxygen atoms in total. The second-order valence-electron chi connectivity index (χ2n) is 6.63. The summed E-state index contributed by atoms with van der Waals surface area (Å²) in [5.74, 6) is 0.862. The average molecular weight is 325 g/mol. The Bertz CT molecular complexity index is 670. The number of aliphatic imine (C=N–C) groups is 1. The van der Waals surface area contributed by atoms with E-state index in [1.54, 1.807) is 0 Å². The van der Waals surface area contributed by atoms with Crippen LogP contribution in [0.2, 0.25) is 0 Å². The number of nitrogens with zero attached hydrogens (tertiary/aromatic N) is 3. The van der Waals surface area contributed by atoms with Crippen molar-refractivity contribution in [3.8, 4) is 0 Å². The molecule has 0 spiro atoms. The predicted molar refractivity (Wildman–Crippen MR) is 98.3 cm³/mol. The molecular weight excluding hydrogens is 298 g/mol. The first kappa shape index (κ1) is 16.6. The van der Waals surface area contributed by atoms with Gasteiger partial charge in [0.1, 0.15) is 0 Å². The van der Waals surface area contributed by atoms with E-state index in [0.717, 1.165) is 25.6 Å². The van der Waals surface area contributed by atoms with Gasteiger partial charge in [-0.3, -0.25) is 9.67 Å². The average Bonchev–Trinajstić information content (AvgIpc) is 2.98. The lowest BCUT2D eigenvalue weighted by Gasteiger charge is -2.43. The molecule has 2 N–H and O–H groups in total. The van der Waals surface area contributed by atoms with Crippen LogP contribution in [0.4, 0.5) is 0 Å². The molecule has 2 aromatic rings. The molecule has 0 bridgehead atoms. The van der Waals surface area contributed by atoms with E-state index in [2.05, 4.69) is 64.2 Å². The van der Waals surface area contributed by atoms with Crippen molar-refractivity contribution >= 4 is 5.96 Å². The van der Waals surface area contributed by atoms with Gasteiger partial charge >= 0.3 is 0 Å². The highest BCUT2D eigenvalue weighted by Gasteiger charge is 2.38. The highest BCUT2D eigenvalue weighted by molar-refractivity contribution is 5.79. The first-order valence-electron chi connectivity index (χ1n) is 8.71. The van der Waals surface area contributed by atoms with Gasteiger partial charge in [0.2, 0.25) is 0 Å². The lowest BCUT2D eigenvalue weighted by atomic mass is 9.64. The molecule has 128 valence electrons. The summed E-state index contributed by atoms with van der Waals surface area (Å²) in [5.41, 5.74) is 2.89. The minimum absolute atomic E-state index is 0.262. The summed E-state index contributed by atoms with van der Waals surface area (Å²) in [6, 6.07) is 10.8. The van der Waals surface area contributed by atoms with E-state index in [0.29, 0.717) is 0 Å². The first-order valence-corrected chi connectivity index (χ1v) is 8.71. The third-order valence-corrected chi connectivity index (χ3v) is 4.91. The summed E-state index contributed by atoms with van der Waals surface area (Å²) >= 11 is 0. The van der Waals surface area contributed by atoms with Gasteiger partial charge in [0, 0.05) is 31.7 Å². The molecule has 1 heterocycles. The van der Waals surface area contributed by atoms with Crippen molar-refractivity contribution < 1.29 is 0 Å². The quantitative estimate of drug-likeness (QED) is 0.634. The third-order valence-electron chi connectivity index (χ3n) is 4.91. The van der Waals surface area contributed by atoms with Crippen molar-refractivity contribution in [2.45, 2.75) is 38.1 Å². The molecule has 24 heavy (non-hydrogen) atoms. The Morgan fingerprint density at radius 2 is 2.04 bits per heavy atom. The van der Waals surface area contributed by atoms with Crippen LogP contribution in [0.1, 0.15) is 30.4 Å². The van der Waals surface area contributed by atoms with E-state index in [4.69, 9.17) is 0 Å². The Morgan fingerprint density at radius 3 is 2.62 bits per heavy atom. The monoisotopic (exact) mass is 325 g/mol. The van der Waals surface area contributed by atoms with E-state index in [-0.39, 0.29) is 5.41 Å². The van der Waals surface area contributed by atoms with Gasteiger partial charge in [0.25, 0.3) is 0 Å². The van der Waals surface area contributed by atoms with Crippen LogP contribution in [0.25, 0.3) is 0 Å². The highest BCUT2D eigenvalue weighted by Crippen LogP contribution is 2.43. The van der Waals surface area contributed by atoms with Crippen LogP contribution >= 0.6 is 0 Å². The van der Waals surface area contributed by atoms with Crippen LogP contribution in [0, 0.1) is 6.92 Å². The Hall–Kier alpha value is -2.30. The molecule has 0 atom stereocenters. The normalized spacial score (nSPS) is 16.5. The minimum atomic E-state index is 0.262. The standard InChI is InChI=1S/C19H27N5/c1-16-13-23-24(14-16)12-11-21-18(20-2)22-15-19(9-6-10-19)17-7-4-3-5-8-17/h3-5,7-8,13-14H,6,9-12,15H2,1-2H3,(H2,20,21,22). The van der Waals surface area contributed by atoms with Crippen LogP contribution in [0.15, 0.2) is 47.7 Å². The second-order valence-corrected chi connectivity index (χ2v) is 6.63. The fourth-order valence-corrected chi connectivity index (χ4v) is 3.31. The highest BCUT2D eigenvalue weighted by atomic mass is 15.3. The minimum Gasteiger partial charge on any atom is -0.356 e. The zero-order valence-corrected chi connectivity index (χ0v) is 14.6. The zero-order chi connectivity index (χ0) is 16.8. The largest absolute Gasteiger partial charge is 0.356 e. The molecule has 0 amide bonds. The Kier molecular flexibility index (Phi) is 5.18. The fraction of sp³-hybridized carbons (Fsp3) is 0.474. The van der Waals surface area contributed by atoms with Crippen LogP contribution in [0.3, 0.4) is 0 Å². The molecule has 5 heteroatoms. The van der Waals surface area contributed by atoms with E-state index in [1.165, 1.54) is 30.4 Å². The van der Waals surface area contributed by atoms with E-state index >= 15 is 0 Å². The van der Waals surface area contributed by atoms with Crippen LogP contribution in [-0.4, -0.2) is 35.9 Å². The number of hydrogen-bond acceptors (Lipinski definition) is 2. The van der Waals surface area contributed by atoms with Gasteiger partial charge in [-0.2, -0.15) is 5.10 Å². The summed E-state index contributed by atoms with van der Waals surface area (Å²) in [7, 11) is 1.82. The van der Waals surface area contributed by atoms with Crippen LogP contribution in [-0.2, 0) is 12.0 Å². The van der Waals surface area contributed by atoms with Gasteiger partial charge in [-0.1, -0.05) is 36.8 Å². The van der Waals surface area contributed by atoms with Crippen molar-refractivity contribution in [2.24, 2.45) is 4.99 Å². The van der Waals surface area contributed by atoms with Gasteiger partial charge in [-0.05, 0) is 30.9 Å². The summed E-state index contributed by atoms with van der Waals surface area (Å²) < 4.78 is 1.95. The molecule has 1 aliphatic carbocycles. The summed E-state index contributed by atoms with van der Waals surface area (Å²) in [6.45, 7) is 4.62. The Balaban J connectivity index is 1.50. The maximum absolute atomic E-state index is 4.34. The molecule has 0 saturated heterocycles. The van der Waals surface area contributed by atoms with Gasteiger partial charge in [-0.15, -0.1) is 0 Å². The maximum atomic E-state index is 4.34. The Labute approximate surface area is 144 Å². The lowest BCUT2D eigenvalue weighted by molar-refractivity contribution is 0.244. The predicted octanol–water partition coefficient (Wildman–Crippen LogP) is 2.48. The van der Waals surface area contributed by atoms with Gasteiger partial charge in [0.15, 0.2) is 5.96 Å². The SMILES string of the molecule is CN=C(NCCn1cc(C)cn1)NCC1(c2ccccc2)CCC1. The number of nitrogens with one attached hydrogen (secondary N) is 2. The van der Waals surface area contributed by atoms with Crippen molar-refractivity contribution in [2.75, 3.05) is 20.1 Å². The van der Waals surface area contributed by atoms with Crippen molar-refractivity contribution in [3.63, 3.8) is 0 Å². The number of guanidine groups is 1. The molecule has 1 aliphatic rings. The van der Waals surface area contributed by atoms with Crippen molar-refractivity contribution in [1.29, 1.82) is 0 Å². The second kappa shape index (κ2) is 7.51. The molecule has 1 saturated carbocycles. The zero-order valence-electron chi connectivity index (χ0n) is 14.6. The van der Waals surface area contributed by atoms with Gasteiger partial charge < -0.3 is 10.6 Å². The molecule has 1 aromatic heterocycles. The number of benzene rings is 1. The van der Waals surface area contributed by atoms with Crippen molar-refractivity contribution in [3.05, 3.63) is 53.9 Å². The summed E-state index contributed by atoms with van der Waals surface area (Å²) in [6.07, 6.45) is 7.73. The molecular formula is C19H27N5. The Morgan fingerprint density at radius 1 is 1.25 bits per heavy atom. The number of aromatic nitrogens is 2. The fourth-order valence-electron chi connectivity index (χ4n) is 3.31. The van der Waals surface area contributed by atoms with E-state index < -0.39 is 0 Å². The summed E-state index contributed by atoms with van der Waals surface area (Å²) in [4.78, 5) is 4.34. The smallest absolute Gasteiger partial charge is 0.191 e. The molecule has 0 radical (unpaired) electrons. The molecule has 3 rings (SSSR count). The first-order chi connectivity index (χ1) is 11.7. The molecule has 0 aliphatic heterocycles. The van der Waals surface area contributed by atoms with E-state index in [1.807, 2.05) is 17.9 Å². The molecule has 0 unspecified atom stereocenters. The lowest BCUT2D eigenvalue weighted by Crippen LogP contribution is -2.49. The molecule has 1 aromatic carbocycles. The van der Waals surface area contributed by atoms with Crippen molar-refractivity contribution in [1.82, 2.24) is 20.4 Å². The van der Waals surface area contributed by atoms with Gasteiger partial charge in [0.05, 0.1) is 12.7 Å². The molecule has 1 fully saturated rings.